The Bertz CT molecular complexity index is 1070. The van der Waals surface area contributed by atoms with Gasteiger partial charge in [-0.2, -0.15) is 0 Å². The first-order valence-corrected chi connectivity index (χ1v) is 10.0. The van der Waals surface area contributed by atoms with E-state index in [0.717, 1.165) is 24.2 Å². The van der Waals surface area contributed by atoms with Crippen LogP contribution in [0, 0.1) is 17.0 Å². The molecule has 2 heterocycles. The summed E-state index contributed by atoms with van der Waals surface area (Å²) in [5.41, 5.74) is 1.67. The Morgan fingerprint density at radius 3 is 2.72 bits per heavy atom. The summed E-state index contributed by atoms with van der Waals surface area (Å²) in [5.74, 6) is 0.503. The molecule has 3 aromatic rings. The molecular formula is C19H18N6O3S. The van der Waals surface area contributed by atoms with Crippen LogP contribution >= 0.6 is 11.8 Å². The summed E-state index contributed by atoms with van der Waals surface area (Å²) in [6.45, 7) is 1.72. The summed E-state index contributed by atoms with van der Waals surface area (Å²) in [4.78, 5) is 27.2. The van der Waals surface area contributed by atoms with E-state index in [1.165, 1.54) is 17.8 Å². The molecule has 1 aliphatic carbocycles. The summed E-state index contributed by atoms with van der Waals surface area (Å²) in [5, 5.41) is 23.1. The largest absolute Gasteiger partial charge is 0.319 e. The maximum absolute atomic E-state index is 12.5. The molecule has 4 rings (SSSR count). The first-order valence-electron chi connectivity index (χ1n) is 9.06. The van der Waals surface area contributed by atoms with E-state index < -0.39 is 4.92 Å². The number of carbonyl (C=O) groups is 1. The second kappa shape index (κ2) is 8.00. The summed E-state index contributed by atoms with van der Waals surface area (Å²) < 4.78 is 2.06. The molecule has 10 heteroatoms. The second-order valence-corrected chi connectivity index (χ2v) is 7.65. The first kappa shape index (κ1) is 19.1. The van der Waals surface area contributed by atoms with Gasteiger partial charge in [-0.25, -0.2) is 0 Å². The maximum atomic E-state index is 12.5. The fraction of sp³-hybridized carbons (Fsp3) is 0.263. The molecule has 0 radical (unpaired) electrons. The minimum Gasteiger partial charge on any atom is -0.319 e. The number of aromatic nitrogens is 4. The minimum absolute atomic E-state index is 0.0761. The van der Waals surface area contributed by atoms with E-state index in [4.69, 9.17) is 0 Å². The summed E-state index contributed by atoms with van der Waals surface area (Å²) in [6.07, 6.45) is 5.50. The van der Waals surface area contributed by atoms with E-state index in [2.05, 4.69) is 25.1 Å². The molecule has 29 heavy (non-hydrogen) atoms. The quantitative estimate of drug-likeness (QED) is 0.359. The van der Waals surface area contributed by atoms with E-state index in [-0.39, 0.29) is 23.0 Å². The van der Waals surface area contributed by atoms with Gasteiger partial charge in [-0.1, -0.05) is 23.9 Å². The SMILES string of the molecule is Cc1cccc([N+](=O)[O-])c1NC(=O)CSc1nnc(-c2ccncc2)n1C1CC1. The van der Waals surface area contributed by atoms with Crippen molar-refractivity contribution in [2.75, 3.05) is 11.1 Å². The van der Waals surface area contributed by atoms with Crippen molar-refractivity contribution in [3.63, 3.8) is 0 Å². The lowest BCUT2D eigenvalue weighted by atomic mass is 10.1. The lowest BCUT2D eigenvalue weighted by Crippen LogP contribution is -2.16. The summed E-state index contributed by atoms with van der Waals surface area (Å²) in [7, 11) is 0. The average molecular weight is 410 g/mol. The van der Waals surface area contributed by atoms with E-state index in [9.17, 15) is 14.9 Å². The topological polar surface area (TPSA) is 116 Å². The number of hydrogen-bond donors (Lipinski definition) is 1. The standard InChI is InChI=1S/C19H18N6O3S/c1-12-3-2-4-15(25(27)28)17(12)21-16(26)11-29-19-23-22-18(24(19)14-5-6-14)13-7-9-20-10-8-13/h2-4,7-10,14H,5-6,11H2,1H3,(H,21,26). The smallest absolute Gasteiger partial charge is 0.293 e. The Morgan fingerprint density at radius 1 is 1.28 bits per heavy atom. The third kappa shape index (κ3) is 4.11. The summed E-state index contributed by atoms with van der Waals surface area (Å²) in [6, 6.07) is 8.77. The molecule has 9 nitrogen and oxygen atoms in total. The van der Waals surface area contributed by atoms with Gasteiger partial charge in [0.2, 0.25) is 5.91 Å². The average Bonchev–Trinajstić information content (AvgIpc) is 3.47. The molecule has 0 saturated heterocycles. The Kier molecular flexibility index (Phi) is 5.26. The molecule has 0 spiro atoms. The minimum atomic E-state index is -0.500. The maximum Gasteiger partial charge on any atom is 0.293 e. The zero-order chi connectivity index (χ0) is 20.4. The van der Waals surface area contributed by atoms with Gasteiger partial charge in [0.05, 0.1) is 10.7 Å². The van der Waals surface area contributed by atoms with Crippen LogP contribution in [-0.4, -0.2) is 36.3 Å². The van der Waals surface area contributed by atoms with Gasteiger partial charge in [-0.3, -0.25) is 24.5 Å². The molecule has 148 valence electrons. The number of aryl methyl sites for hydroxylation is 1. The van der Waals surface area contributed by atoms with Gasteiger partial charge in [0.25, 0.3) is 5.69 Å². The Hall–Kier alpha value is -3.27. The van der Waals surface area contributed by atoms with Crippen LogP contribution < -0.4 is 5.32 Å². The molecule has 1 aromatic carbocycles. The fourth-order valence-electron chi connectivity index (χ4n) is 3.01. The molecule has 0 unspecified atom stereocenters. The van der Waals surface area contributed by atoms with Crippen LogP contribution in [0.15, 0.2) is 47.9 Å². The molecule has 0 aliphatic heterocycles. The second-order valence-electron chi connectivity index (χ2n) is 6.71. The number of para-hydroxylation sites is 1. The van der Waals surface area contributed by atoms with Gasteiger partial charge >= 0.3 is 0 Å². The molecule has 1 saturated carbocycles. The fourth-order valence-corrected chi connectivity index (χ4v) is 3.81. The first-order chi connectivity index (χ1) is 14.0. The Morgan fingerprint density at radius 2 is 2.03 bits per heavy atom. The molecule has 1 amide bonds. The lowest BCUT2D eigenvalue weighted by Gasteiger charge is -2.10. The highest BCUT2D eigenvalue weighted by atomic mass is 32.2. The van der Waals surface area contributed by atoms with Crippen molar-refractivity contribution in [1.29, 1.82) is 0 Å². The Balaban J connectivity index is 1.50. The number of thioether (sulfide) groups is 1. The van der Waals surface area contributed by atoms with E-state index in [1.54, 1.807) is 31.5 Å². The van der Waals surface area contributed by atoms with E-state index in [0.29, 0.717) is 16.8 Å². The molecular weight excluding hydrogens is 392 g/mol. The van der Waals surface area contributed by atoms with Crippen LogP contribution in [0.4, 0.5) is 11.4 Å². The number of rotatable bonds is 7. The van der Waals surface area contributed by atoms with Gasteiger partial charge in [0.1, 0.15) is 5.69 Å². The molecule has 0 atom stereocenters. The third-order valence-electron chi connectivity index (χ3n) is 4.56. The van der Waals surface area contributed by atoms with Crippen molar-refractivity contribution < 1.29 is 9.72 Å². The number of anilines is 1. The third-order valence-corrected chi connectivity index (χ3v) is 5.50. The predicted octanol–water partition coefficient (Wildman–Crippen LogP) is 3.62. The number of nitrogens with zero attached hydrogens (tertiary/aromatic N) is 5. The van der Waals surface area contributed by atoms with E-state index >= 15 is 0 Å². The van der Waals surface area contributed by atoms with Crippen molar-refractivity contribution in [3.05, 3.63) is 58.4 Å². The number of carbonyl (C=O) groups excluding carboxylic acids is 1. The van der Waals surface area contributed by atoms with Crippen molar-refractivity contribution in [3.8, 4) is 11.4 Å². The normalized spacial score (nSPS) is 13.3. The number of nitro groups is 1. The molecule has 2 aromatic heterocycles. The lowest BCUT2D eigenvalue weighted by molar-refractivity contribution is -0.384. The number of benzene rings is 1. The van der Waals surface area contributed by atoms with Gasteiger partial charge in [-0.15, -0.1) is 10.2 Å². The number of nitrogens with one attached hydrogen (secondary N) is 1. The Labute approximate surface area is 170 Å². The van der Waals surface area contributed by atoms with Crippen molar-refractivity contribution in [2.45, 2.75) is 31.0 Å². The van der Waals surface area contributed by atoms with Crippen LogP contribution in [0.5, 0.6) is 0 Å². The number of amides is 1. The van der Waals surface area contributed by atoms with Crippen LogP contribution in [-0.2, 0) is 4.79 Å². The molecule has 1 aliphatic rings. The zero-order valence-electron chi connectivity index (χ0n) is 15.6. The number of nitro benzene ring substituents is 1. The monoisotopic (exact) mass is 410 g/mol. The van der Waals surface area contributed by atoms with Gasteiger partial charge in [0, 0.05) is 30.1 Å². The predicted molar refractivity (Wildman–Crippen MR) is 109 cm³/mol. The van der Waals surface area contributed by atoms with Gasteiger partial charge in [0.15, 0.2) is 11.0 Å². The van der Waals surface area contributed by atoms with Crippen LogP contribution in [0.2, 0.25) is 0 Å². The van der Waals surface area contributed by atoms with E-state index in [1.807, 2.05) is 12.1 Å². The van der Waals surface area contributed by atoms with Gasteiger partial charge in [-0.05, 0) is 37.5 Å². The van der Waals surface area contributed by atoms with Crippen molar-refractivity contribution in [1.82, 2.24) is 19.7 Å². The van der Waals surface area contributed by atoms with Crippen LogP contribution in [0.3, 0.4) is 0 Å². The highest BCUT2D eigenvalue weighted by Crippen LogP contribution is 2.41. The van der Waals surface area contributed by atoms with Gasteiger partial charge < -0.3 is 5.32 Å². The van der Waals surface area contributed by atoms with Crippen molar-refractivity contribution >= 4 is 29.0 Å². The number of hydrogen-bond acceptors (Lipinski definition) is 7. The molecule has 1 N–H and O–H groups in total. The van der Waals surface area contributed by atoms with Crippen LogP contribution in [0.1, 0.15) is 24.4 Å². The molecule has 1 fully saturated rings. The molecule has 0 bridgehead atoms. The highest BCUT2D eigenvalue weighted by Gasteiger charge is 2.30. The number of pyridine rings is 1. The highest BCUT2D eigenvalue weighted by molar-refractivity contribution is 7.99. The van der Waals surface area contributed by atoms with Crippen molar-refractivity contribution in [2.24, 2.45) is 0 Å². The van der Waals surface area contributed by atoms with Crippen LogP contribution in [0.25, 0.3) is 11.4 Å². The zero-order valence-corrected chi connectivity index (χ0v) is 16.4. The summed E-state index contributed by atoms with van der Waals surface area (Å²) >= 11 is 1.27.